The van der Waals surface area contributed by atoms with Crippen LogP contribution < -0.4 is 15.4 Å². The zero-order valence-electron chi connectivity index (χ0n) is 14.4. The molecular weight excluding hydrogens is 342 g/mol. The van der Waals surface area contributed by atoms with Crippen LogP contribution in [0.1, 0.15) is 30.1 Å². The van der Waals surface area contributed by atoms with Gasteiger partial charge < -0.3 is 15.4 Å². The van der Waals surface area contributed by atoms with E-state index in [1.807, 2.05) is 6.92 Å². The van der Waals surface area contributed by atoms with Gasteiger partial charge in [0, 0.05) is 19.0 Å². The molecule has 0 aromatic heterocycles. The highest BCUT2D eigenvalue weighted by Gasteiger charge is 2.13. The maximum Gasteiger partial charge on any atom is 0.254 e. The van der Waals surface area contributed by atoms with Crippen LogP contribution in [0.15, 0.2) is 42.5 Å². The number of para-hydroxylation sites is 2. The van der Waals surface area contributed by atoms with Crippen LogP contribution in [-0.4, -0.2) is 25.0 Å². The molecule has 7 heteroatoms. The molecule has 0 spiro atoms. The first-order chi connectivity index (χ1) is 12.5. The summed E-state index contributed by atoms with van der Waals surface area (Å²) in [6.07, 6.45) is 0.838. The van der Waals surface area contributed by atoms with Crippen molar-refractivity contribution in [3.05, 3.63) is 59.7 Å². The van der Waals surface area contributed by atoms with Gasteiger partial charge in [-0.05, 0) is 30.7 Å². The van der Waals surface area contributed by atoms with Crippen molar-refractivity contribution in [2.24, 2.45) is 0 Å². The molecule has 2 aromatic rings. The van der Waals surface area contributed by atoms with Crippen LogP contribution in [0.4, 0.5) is 14.5 Å². The molecule has 2 N–H and O–H groups in total. The Bertz CT molecular complexity index is 781. The Kier molecular flexibility index (Phi) is 7.08. The lowest BCUT2D eigenvalue weighted by molar-refractivity contribution is -0.116. The zero-order valence-corrected chi connectivity index (χ0v) is 14.4. The first kappa shape index (κ1) is 19.4. The largest absolute Gasteiger partial charge is 0.491 e. The number of hydrogen-bond acceptors (Lipinski definition) is 3. The van der Waals surface area contributed by atoms with Gasteiger partial charge in [-0.15, -0.1) is 0 Å². The van der Waals surface area contributed by atoms with E-state index in [4.69, 9.17) is 4.74 Å². The normalized spacial score (nSPS) is 10.3. The van der Waals surface area contributed by atoms with Crippen LogP contribution in [0, 0.1) is 11.6 Å². The molecule has 0 aliphatic carbocycles. The van der Waals surface area contributed by atoms with Crippen molar-refractivity contribution >= 4 is 17.5 Å². The molecule has 26 heavy (non-hydrogen) atoms. The Balaban J connectivity index is 1.85. The molecule has 2 aromatic carbocycles. The van der Waals surface area contributed by atoms with Crippen LogP contribution in [-0.2, 0) is 4.79 Å². The number of rotatable bonds is 8. The second kappa shape index (κ2) is 9.50. The fraction of sp³-hybridized carbons (Fsp3) is 0.263. The molecule has 0 bridgehead atoms. The number of hydrogen-bond donors (Lipinski definition) is 2. The van der Waals surface area contributed by atoms with Crippen molar-refractivity contribution in [3.8, 4) is 5.75 Å². The number of ether oxygens (including phenoxy) is 1. The van der Waals surface area contributed by atoms with E-state index in [-0.39, 0.29) is 24.4 Å². The van der Waals surface area contributed by atoms with Gasteiger partial charge in [0.1, 0.15) is 17.4 Å². The van der Waals surface area contributed by atoms with E-state index in [0.717, 1.165) is 18.6 Å². The van der Waals surface area contributed by atoms with E-state index in [1.165, 1.54) is 0 Å². The minimum atomic E-state index is -0.950. The van der Waals surface area contributed by atoms with Gasteiger partial charge in [0.15, 0.2) is 0 Å². The average Bonchev–Trinajstić information content (AvgIpc) is 2.60. The van der Waals surface area contributed by atoms with Crippen molar-refractivity contribution in [1.82, 2.24) is 5.32 Å². The summed E-state index contributed by atoms with van der Waals surface area (Å²) >= 11 is 0. The second-order valence-corrected chi connectivity index (χ2v) is 5.52. The van der Waals surface area contributed by atoms with Gasteiger partial charge in [0.2, 0.25) is 5.91 Å². The number of nitrogens with one attached hydrogen (secondary N) is 2. The lowest BCUT2D eigenvalue weighted by Crippen LogP contribution is -2.28. The van der Waals surface area contributed by atoms with E-state index in [9.17, 15) is 18.4 Å². The number of carbonyl (C=O) groups excluding carboxylic acids is 2. The fourth-order valence-corrected chi connectivity index (χ4v) is 2.18. The highest BCUT2D eigenvalue weighted by atomic mass is 19.1. The number of amides is 2. The van der Waals surface area contributed by atoms with E-state index in [2.05, 4.69) is 10.6 Å². The second-order valence-electron chi connectivity index (χ2n) is 5.52. The maximum atomic E-state index is 13.5. The molecule has 0 heterocycles. The summed E-state index contributed by atoms with van der Waals surface area (Å²) in [6, 6.07) is 9.74. The number of halogens is 2. The fourth-order valence-electron chi connectivity index (χ4n) is 2.18. The maximum absolute atomic E-state index is 13.5. The minimum absolute atomic E-state index is 0.00331. The molecule has 0 aliphatic heterocycles. The van der Waals surface area contributed by atoms with E-state index < -0.39 is 17.5 Å². The Hall–Kier alpha value is -2.96. The quantitative estimate of drug-likeness (QED) is 0.755. The van der Waals surface area contributed by atoms with Crippen LogP contribution >= 0.6 is 0 Å². The molecule has 0 aliphatic rings. The summed E-state index contributed by atoms with van der Waals surface area (Å²) in [7, 11) is 0. The summed E-state index contributed by atoms with van der Waals surface area (Å²) in [6.45, 7) is 2.53. The van der Waals surface area contributed by atoms with Crippen LogP contribution in [0.3, 0.4) is 0 Å². The molecule has 5 nitrogen and oxygen atoms in total. The zero-order chi connectivity index (χ0) is 18.9. The summed E-state index contributed by atoms with van der Waals surface area (Å²) in [4.78, 5) is 23.9. The predicted molar refractivity (Wildman–Crippen MR) is 94.2 cm³/mol. The van der Waals surface area contributed by atoms with Gasteiger partial charge >= 0.3 is 0 Å². The minimum Gasteiger partial charge on any atom is -0.491 e. The molecule has 2 rings (SSSR count). The summed E-state index contributed by atoms with van der Waals surface area (Å²) < 4.78 is 31.9. The van der Waals surface area contributed by atoms with Crippen LogP contribution in [0.2, 0.25) is 0 Å². The van der Waals surface area contributed by atoms with Gasteiger partial charge in [0.25, 0.3) is 5.91 Å². The van der Waals surface area contributed by atoms with Gasteiger partial charge in [-0.25, -0.2) is 8.78 Å². The number of anilines is 1. The molecule has 138 valence electrons. The average molecular weight is 362 g/mol. The Labute approximate surface area is 150 Å². The molecule has 0 unspecified atom stereocenters. The Morgan fingerprint density at radius 1 is 1.12 bits per heavy atom. The van der Waals surface area contributed by atoms with Gasteiger partial charge in [-0.3, -0.25) is 9.59 Å². The van der Waals surface area contributed by atoms with Crippen LogP contribution in [0.25, 0.3) is 0 Å². The first-order valence-corrected chi connectivity index (χ1v) is 8.26. The molecule has 0 atom stereocenters. The third-order valence-electron chi connectivity index (χ3n) is 3.44. The first-order valence-electron chi connectivity index (χ1n) is 8.26. The molecule has 0 saturated heterocycles. The highest BCUT2D eigenvalue weighted by Crippen LogP contribution is 2.23. The third kappa shape index (κ3) is 5.54. The van der Waals surface area contributed by atoms with E-state index in [0.29, 0.717) is 24.1 Å². The molecular formula is C19H20F2N2O3. The molecule has 0 saturated carbocycles. The number of carbonyl (C=O) groups is 2. The van der Waals surface area contributed by atoms with Crippen molar-refractivity contribution in [2.45, 2.75) is 19.8 Å². The number of benzene rings is 2. The topological polar surface area (TPSA) is 67.4 Å². The summed E-state index contributed by atoms with van der Waals surface area (Å²) in [5, 5.41) is 5.14. The smallest absolute Gasteiger partial charge is 0.254 e. The van der Waals surface area contributed by atoms with Crippen molar-refractivity contribution in [1.29, 1.82) is 0 Å². The molecule has 2 amide bonds. The monoisotopic (exact) mass is 362 g/mol. The van der Waals surface area contributed by atoms with Crippen LogP contribution in [0.5, 0.6) is 5.75 Å². The van der Waals surface area contributed by atoms with Gasteiger partial charge in [-0.2, -0.15) is 0 Å². The summed E-state index contributed by atoms with van der Waals surface area (Å²) in [5.74, 6) is -2.17. The molecule has 0 fully saturated rings. The van der Waals surface area contributed by atoms with Crippen molar-refractivity contribution in [2.75, 3.05) is 18.5 Å². The van der Waals surface area contributed by atoms with E-state index in [1.54, 1.807) is 24.3 Å². The van der Waals surface area contributed by atoms with Gasteiger partial charge in [-0.1, -0.05) is 19.1 Å². The Morgan fingerprint density at radius 3 is 2.62 bits per heavy atom. The lowest BCUT2D eigenvalue weighted by Gasteiger charge is -2.12. The standard InChI is InChI=1S/C19H20F2N2O3/c1-2-11-26-17-6-4-3-5-16(17)23-18(24)9-10-22-19(25)14-8-7-13(20)12-15(14)21/h3-8,12H,2,9-11H2,1H3,(H,22,25)(H,23,24). The van der Waals surface area contributed by atoms with Gasteiger partial charge in [0.05, 0.1) is 17.9 Å². The summed E-state index contributed by atoms with van der Waals surface area (Å²) in [5.41, 5.74) is 0.270. The molecule has 0 radical (unpaired) electrons. The SMILES string of the molecule is CCCOc1ccccc1NC(=O)CCNC(=O)c1ccc(F)cc1F. The van der Waals surface area contributed by atoms with Crippen molar-refractivity contribution in [3.63, 3.8) is 0 Å². The third-order valence-corrected chi connectivity index (χ3v) is 3.44. The highest BCUT2D eigenvalue weighted by molar-refractivity contribution is 5.95. The van der Waals surface area contributed by atoms with Crippen molar-refractivity contribution < 1.29 is 23.1 Å². The predicted octanol–water partition coefficient (Wildman–Crippen LogP) is 3.51. The van der Waals surface area contributed by atoms with E-state index >= 15 is 0 Å². The Morgan fingerprint density at radius 2 is 1.88 bits per heavy atom. The lowest BCUT2D eigenvalue weighted by atomic mass is 10.2.